The third kappa shape index (κ3) is 6.01. The quantitative estimate of drug-likeness (QED) is 0.187. The van der Waals surface area contributed by atoms with Gasteiger partial charge in [-0.3, -0.25) is 0 Å². The molecule has 0 amide bonds. The number of thiazole rings is 1. The maximum absolute atomic E-state index is 14.9. The van der Waals surface area contributed by atoms with Crippen molar-refractivity contribution in [3.8, 4) is 33.0 Å². The number of halogens is 2. The van der Waals surface area contributed by atoms with Crippen LogP contribution in [0, 0.1) is 24.5 Å². The fourth-order valence-corrected chi connectivity index (χ4v) is 6.83. The van der Waals surface area contributed by atoms with Gasteiger partial charge in [0.1, 0.15) is 21.5 Å². The Morgan fingerprint density at radius 2 is 1.72 bits per heavy atom. The van der Waals surface area contributed by atoms with Gasteiger partial charge in [0.15, 0.2) is 5.69 Å². The number of benzene rings is 3. The summed E-state index contributed by atoms with van der Waals surface area (Å²) in [5, 5.41) is 15.4. The highest BCUT2D eigenvalue weighted by molar-refractivity contribution is 7.89. The van der Waals surface area contributed by atoms with Crippen LogP contribution in [0.25, 0.3) is 33.0 Å². The highest BCUT2D eigenvalue weighted by Crippen LogP contribution is 2.42. The first-order valence-electron chi connectivity index (χ1n) is 13.6. The van der Waals surface area contributed by atoms with Crippen LogP contribution in [-0.4, -0.2) is 29.0 Å². The zero-order valence-corrected chi connectivity index (χ0v) is 24.7. The second kappa shape index (κ2) is 11.1. The molecule has 1 aliphatic rings. The molecule has 3 N–H and O–H groups in total. The first-order valence-corrected chi connectivity index (χ1v) is 16.0. The van der Waals surface area contributed by atoms with E-state index in [1.54, 1.807) is 13.0 Å². The van der Waals surface area contributed by atoms with Crippen LogP contribution < -0.4 is 5.14 Å². The summed E-state index contributed by atoms with van der Waals surface area (Å²) in [4.78, 5) is 16.3. The molecule has 0 aliphatic heterocycles. The molecular weight excluding hydrogens is 592 g/mol. The smallest absolute Gasteiger partial charge is 0.355 e. The van der Waals surface area contributed by atoms with Gasteiger partial charge in [0.25, 0.3) is 0 Å². The molecule has 0 unspecified atom stereocenters. The standard InChI is InChI=1S/C32H27F2N3O4S2/c1-18-30(32(38)39)36-31(42-18)25-16-27(23-6-2-4-21(14-23)22-5-3-7-24(33)15-22)37(28(25)13-19-8-9-19)17-20-10-11-29(26(34)12-20)43(35,40)41/h2-7,10-12,14-16,19H,8-9,13,17H2,1H3,(H,38,39)(H2,35,40,41). The van der Waals surface area contributed by atoms with E-state index in [0.29, 0.717) is 33.4 Å². The van der Waals surface area contributed by atoms with Crippen molar-refractivity contribution in [3.05, 3.63) is 106 Å². The summed E-state index contributed by atoms with van der Waals surface area (Å²) in [6, 6.07) is 19.8. The summed E-state index contributed by atoms with van der Waals surface area (Å²) in [5.74, 6) is -1.94. The first-order chi connectivity index (χ1) is 20.5. The number of carbonyl (C=O) groups is 1. The van der Waals surface area contributed by atoms with E-state index in [2.05, 4.69) is 9.55 Å². The minimum atomic E-state index is -4.23. The fraction of sp³-hybridized carbons (Fsp3) is 0.188. The van der Waals surface area contributed by atoms with Crippen LogP contribution in [0.3, 0.4) is 0 Å². The Hall–Kier alpha value is -4.19. The number of aromatic nitrogens is 2. The molecular formula is C32H27F2N3O4S2. The lowest BCUT2D eigenvalue weighted by molar-refractivity contribution is 0.0690. The van der Waals surface area contributed by atoms with Gasteiger partial charge >= 0.3 is 5.97 Å². The van der Waals surface area contributed by atoms with Crippen molar-refractivity contribution < 1.29 is 27.1 Å². The van der Waals surface area contributed by atoms with Gasteiger partial charge in [-0.05, 0) is 90.8 Å². The van der Waals surface area contributed by atoms with Crippen molar-refractivity contribution in [1.82, 2.24) is 9.55 Å². The molecule has 0 saturated heterocycles. The number of aromatic carboxylic acids is 1. The zero-order valence-electron chi connectivity index (χ0n) is 23.1. The number of rotatable bonds is 9. The third-order valence-electron chi connectivity index (χ3n) is 7.58. The molecule has 11 heteroatoms. The molecule has 0 atom stereocenters. The second-order valence-electron chi connectivity index (χ2n) is 10.8. The predicted octanol–water partition coefficient (Wildman–Crippen LogP) is 6.88. The number of carboxylic acids is 1. The van der Waals surface area contributed by atoms with Crippen LogP contribution in [0.2, 0.25) is 0 Å². The summed E-state index contributed by atoms with van der Waals surface area (Å²) in [7, 11) is -4.23. The number of nitrogens with two attached hydrogens (primary N) is 1. The Kier molecular flexibility index (Phi) is 7.49. The molecule has 6 rings (SSSR count). The Labute approximate surface area is 251 Å². The minimum absolute atomic E-state index is 0.000396. The second-order valence-corrected chi connectivity index (χ2v) is 13.5. The first kappa shape index (κ1) is 28.9. The van der Waals surface area contributed by atoms with E-state index in [1.807, 2.05) is 36.4 Å². The van der Waals surface area contributed by atoms with Crippen molar-refractivity contribution >= 4 is 27.3 Å². The average molecular weight is 620 g/mol. The molecule has 0 radical (unpaired) electrons. The van der Waals surface area contributed by atoms with Gasteiger partial charge in [0.2, 0.25) is 10.0 Å². The maximum atomic E-state index is 14.9. The summed E-state index contributed by atoms with van der Waals surface area (Å²) in [6.07, 6.45) is 2.83. The van der Waals surface area contributed by atoms with Crippen molar-refractivity contribution in [2.24, 2.45) is 11.1 Å². The van der Waals surface area contributed by atoms with E-state index in [4.69, 9.17) is 5.14 Å². The van der Waals surface area contributed by atoms with Gasteiger partial charge in [0.05, 0.1) is 0 Å². The van der Waals surface area contributed by atoms with Crippen molar-refractivity contribution in [2.45, 2.75) is 37.6 Å². The van der Waals surface area contributed by atoms with Crippen molar-refractivity contribution in [2.75, 3.05) is 0 Å². The van der Waals surface area contributed by atoms with Crippen molar-refractivity contribution in [1.29, 1.82) is 0 Å². The van der Waals surface area contributed by atoms with Gasteiger partial charge < -0.3 is 9.67 Å². The number of nitrogens with zero attached hydrogens (tertiary/aromatic N) is 2. The van der Waals surface area contributed by atoms with E-state index in [0.717, 1.165) is 40.9 Å². The van der Waals surface area contributed by atoms with E-state index in [-0.39, 0.29) is 18.1 Å². The molecule has 5 aromatic rings. The van der Waals surface area contributed by atoms with E-state index in [9.17, 15) is 27.1 Å². The number of aryl methyl sites for hydroxylation is 1. The Morgan fingerprint density at radius 1 is 1.02 bits per heavy atom. The Morgan fingerprint density at radius 3 is 2.35 bits per heavy atom. The highest BCUT2D eigenvalue weighted by atomic mass is 32.2. The van der Waals surface area contributed by atoms with Crippen LogP contribution in [0.15, 0.2) is 77.7 Å². The van der Waals surface area contributed by atoms with Gasteiger partial charge in [-0.2, -0.15) is 0 Å². The Balaban J connectivity index is 1.54. The van der Waals surface area contributed by atoms with E-state index < -0.39 is 26.7 Å². The number of primary sulfonamides is 1. The molecule has 0 bridgehead atoms. The normalized spacial score (nSPS) is 13.4. The van der Waals surface area contributed by atoms with Gasteiger partial charge in [-0.25, -0.2) is 32.1 Å². The number of hydrogen-bond acceptors (Lipinski definition) is 5. The lowest BCUT2D eigenvalue weighted by atomic mass is 10.0. The van der Waals surface area contributed by atoms with Crippen LogP contribution in [0.1, 0.15) is 39.5 Å². The average Bonchev–Trinajstić information content (AvgIpc) is 3.59. The number of carboxylic acid groups (broad SMARTS) is 1. The van der Waals surface area contributed by atoms with Gasteiger partial charge in [0, 0.05) is 28.4 Å². The van der Waals surface area contributed by atoms with Crippen LogP contribution in [0.4, 0.5) is 8.78 Å². The molecule has 2 aromatic heterocycles. The summed E-state index contributed by atoms with van der Waals surface area (Å²) < 4.78 is 54.6. The monoisotopic (exact) mass is 619 g/mol. The van der Waals surface area contributed by atoms with Gasteiger partial charge in [-0.1, -0.05) is 36.4 Å². The third-order valence-corrected chi connectivity index (χ3v) is 9.53. The highest BCUT2D eigenvalue weighted by Gasteiger charge is 2.29. The molecule has 43 heavy (non-hydrogen) atoms. The maximum Gasteiger partial charge on any atom is 0.355 e. The molecule has 220 valence electrons. The zero-order chi connectivity index (χ0) is 30.5. The fourth-order valence-electron chi connectivity index (χ4n) is 5.30. The lowest BCUT2D eigenvalue weighted by Crippen LogP contribution is -2.14. The molecule has 0 spiro atoms. The summed E-state index contributed by atoms with van der Waals surface area (Å²) >= 11 is 1.30. The molecule has 3 aromatic carbocycles. The van der Waals surface area contributed by atoms with E-state index >= 15 is 0 Å². The topological polar surface area (TPSA) is 115 Å². The van der Waals surface area contributed by atoms with Crippen LogP contribution in [0.5, 0.6) is 0 Å². The van der Waals surface area contributed by atoms with Crippen LogP contribution >= 0.6 is 11.3 Å². The van der Waals surface area contributed by atoms with Gasteiger partial charge in [-0.15, -0.1) is 11.3 Å². The molecule has 1 aliphatic carbocycles. The summed E-state index contributed by atoms with van der Waals surface area (Å²) in [5.41, 5.74) is 5.35. The molecule has 7 nitrogen and oxygen atoms in total. The van der Waals surface area contributed by atoms with E-state index in [1.165, 1.54) is 41.7 Å². The largest absolute Gasteiger partial charge is 0.476 e. The number of sulfonamides is 1. The molecule has 1 fully saturated rings. The Bertz CT molecular complexity index is 2000. The summed E-state index contributed by atoms with van der Waals surface area (Å²) in [6.45, 7) is 1.93. The predicted molar refractivity (Wildman–Crippen MR) is 161 cm³/mol. The van der Waals surface area contributed by atoms with Crippen molar-refractivity contribution in [3.63, 3.8) is 0 Å². The minimum Gasteiger partial charge on any atom is -0.476 e. The van der Waals surface area contributed by atoms with Crippen LogP contribution in [-0.2, 0) is 23.0 Å². The molecule has 2 heterocycles. The lowest BCUT2D eigenvalue weighted by Gasteiger charge is -2.16. The number of hydrogen-bond donors (Lipinski definition) is 2. The SMILES string of the molecule is Cc1sc(-c2cc(-c3cccc(-c4cccc(F)c4)c3)n(Cc3ccc(S(N)(=O)=O)c(F)c3)c2CC2CC2)nc1C(=O)O. The molecule has 1 saturated carbocycles.